The molecule has 0 saturated heterocycles. The van der Waals surface area contributed by atoms with E-state index in [2.05, 4.69) is 55.4 Å². The van der Waals surface area contributed by atoms with Gasteiger partial charge in [0.2, 0.25) is 0 Å². The van der Waals surface area contributed by atoms with Crippen molar-refractivity contribution in [2.45, 2.75) is 363 Å². The van der Waals surface area contributed by atoms with E-state index in [1.807, 2.05) is 0 Å². The monoisotopic (exact) mass is 1310 g/mol. The molecule has 0 spiro atoms. The van der Waals surface area contributed by atoms with Crippen LogP contribution < -0.4 is 0 Å². The molecule has 528 valence electrons. The molecule has 19 heteroatoms. The van der Waals surface area contributed by atoms with Crippen molar-refractivity contribution < 1.29 is 80.2 Å². The van der Waals surface area contributed by atoms with Crippen LogP contribution in [0.1, 0.15) is 344 Å². The third kappa shape index (κ3) is 64.6. The molecule has 0 bridgehead atoms. The number of aliphatic hydroxyl groups excluding tert-OH is 1. The number of rotatable bonds is 67. The van der Waals surface area contributed by atoms with Crippen molar-refractivity contribution in [1.29, 1.82) is 0 Å². The minimum absolute atomic E-state index is 0.102. The summed E-state index contributed by atoms with van der Waals surface area (Å²) >= 11 is 0. The first-order chi connectivity index (χ1) is 42.6. The van der Waals surface area contributed by atoms with Crippen LogP contribution in [-0.4, -0.2) is 96.7 Å². The summed E-state index contributed by atoms with van der Waals surface area (Å²) in [6.07, 6.45) is 42.0. The van der Waals surface area contributed by atoms with Gasteiger partial charge in [0.25, 0.3) is 0 Å². The Morgan fingerprint density at radius 2 is 0.472 bits per heavy atom. The maximum absolute atomic E-state index is 13.0. The number of hydrogen-bond donors (Lipinski definition) is 3. The molecule has 3 N–H and O–H groups in total. The fraction of sp³-hybridized carbons (Fsp3) is 0.943. The van der Waals surface area contributed by atoms with Crippen LogP contribution in [0.25, 0.3) is 0 Å². The lowest BCUT2D eigenvalue weighted by molar-refractivity contribution is -0.161. The Bertz CT molecular complexity index is 1760. The second kappa shape index (κ2) is 59.8. The van der Waals surface area contributed by atoms with E-state index in [1.165, 1.54) is 141 Å². The van der Waals surface area contributed by atoms with Gasteiger partial charge in [-0.2, -0.15) is 0 Å². The quantitative estimate of drug-likeness (QED) is 0.0222. The molecule has 0 aromatic heterocycles. The zero-order valence-corrected chi connectivity index (χ0v) is 59.8. The number of carbonyl (C=O) groups is 4. The molecule has 0 radical (unpaired) electrons. The molecule has 0 saturated carbocycles. The Hall–Kier alpha value is -1.94. The van der Waals surface area contributed by atoms with Crippen LogP contribution in [0, 0.1) is 23.7 Å². The van der Waals surface area contributed by atoms with E-state index in [0.717, 1.165) is 108 Å². The fourth-order valence-corrected chi connectivity index (χ4v) is 12.1. The number of hydrogen-bond acceptors (Lipinski definition) is 15. The highest BCUT2D eigenvalue weighted by Gasteiger charge is 2.30. The van der Waals surface area contributed by atoms with Gasteiger partial charge in [-0.25, -0.2) is 9.13 Å². The van der Waals surface area contributed by atoms with Gasteiger partial charge in [0, 0.05) is 25.7 Å². The molecule has 0 amide bonds. The zero-order chi connectivity index (χ0) is 66.1. The minimum Gasteiger partial charge on any atom is -0.462 e. The average molecular weight is 1310 g/mol. The second-order valence-electron chi connectivity index (χ2n) is 27.2. The summed E-state index contributed by atoms with van der Waals surface area (Å²) in [5, 5.41) is 10.6. The first-order valence-corrected chi connectivity index (χ1v) is 39.2. The van der Waals surface area contributed by atoms with Crippen LogP contribution in [0.3, 0.4) is 0 Å². The summed E-state index contributed by atoms with van der Waals surface area (Å²) in [5.74, 6) is 0.791. The summed E-state index contributed by atoms with van der Waals surface area (Å²) in [6, 6.07) is 0. The molecule has 89 heavy (non-hydrogen) atoms. The second-order valence-corrected chi connectivity index (χ2v) is 30.1. The average Bonchev–Trinajstić information content (AvgIpc) is 3.60. The van der Waals surface area contributed by atoms with Gasteiger partial charge in [-0.1, -0.05) is 293 Å². The number of unbranched alkanes of at least 4 members (excludes halogenated alkanes) is 33. The van der Waals surface area contributed by atoms with Gasteiger partial charge in [0.15, 0.2) is 12.2 Å². The molecule has 0 aromatic carbocycles. The van der Waals surface area contributed by atoms with Crippen molar-refractivity contribution in [3.63, 3.8) is 0 Å². The van der Waals surface area contributed by atoms with Gasteiger partial charge >= 0.3 is 39.5 Å². The van der Waals surface area contributed by atoms with Crippen molar-refractivity contribution in [3.8, 4) is 0 Å². The number of phosphoric ester groups is 2. The largest absolute Gasteiger partial charge is 0.472 e. The van der Waals surface area contributed by atoms with Crippen molar-refractivity contribution in [3.05, 3.63) is 0 Å². The third-order valence-electron chi connectivity index (χ3n) is 16.1. The summed E-state index contributed by atoms with van der Waals surface area (Å²) < 4.78 is 68.2. The van der Waals surface area contributed by atoms with Gasteiger partial charge in [-0.15, -0.1) is 0 Å². The number of ether oxygens (including phenoxy) is 4. The molecular formula is C70H136O17P2. The van der Waals surface area contributed by atoms with E-state index in [4.69, 9.17) is 37.0 Å². The van der Waals surface area contributed by atoms with Gasteiger partial charge in [0.1, 0.15) is 19.3 Å². The maximum Gasteiger partial charge on any atom is 0.472 e. The molecule has 0 aliphatic carbocycles. The topological polar surface area (TPSA) is 237 Å². The molecule has 5 atom stereocenters. The lowest BCUT2D eigenvalue weighted by Gasteiger charge is -2.21. The van der Waals surface area contributed by atoms with Crippen LogP contribution in [-0.2, 0) is 65.4 Å². The number of phosphoric acid groups is 2. The van der Waals surface area contributed by atoms with E-state index in [9.17, 15) is 43.2 Å². The van der Waals surface area contributed by atoms with Crippen LogP contribution in [0.15, 0.2) is 0 Å². The van der Waals surface area contributed by atoms with Crippen LogP contribution in [0.5, 0.6) is 0 Å². The molecule has 0 heterocycles. The highest BCUT2D eigenvalue weighted by Crippen LogP contribution is 2.45. The van der Waals surface area contributed by atoms with Crippen molar-refractivity contribution in [1.82, 2.24) is 0 Å². The highest BCUT2D eigenvalue weighted by atomic mass is 31.2. The number of carbonyl (C=O) groups excluding carboxylic acids is 4. The minimum atomic E-state index is -4.95. The first kappa shape index (κ1) is 87.1. The summed E-state index contributed by atoms with van der Waals surface area (Å²) in [6.45, 7) is 14.0. The molecule has 0 aromatic rings. The SMILES string of the molecule is CC(C)CCCCCCCCCCCCCCCCCC(=O)OC[C@H](COP(=O)(O)OCC(O)COP(=O)(O)OC[C@@H](COC(=O)CCCCCCCCCC(C)C)OC(=O)CCCCCCCCCC(C)C)OC(=O)CCCCCCCCCCC(C)C. The standard InChI is InChI=1S/C70H136O17P2/c1-60(2)46-38-30-22-16-14-12-10-9-11-13-15-17-26-34-42-50-67(72)80-56-65(86-69(74)52-44-36-27-19-18-23-31-39-47-61(3)4)58-84-88(76,77)82-54-64(71)55-83-89(78,79)85-59-66(87-70(75)53-45-37-29-21-25-33-41-49-63(7)8)57-81-68(73)51-43-35-28-20-24-32-40-48-62(5)6/h60-66,71H,9-59H2,1-8H3,(H,76,77)(H,78,79)/t64?,65-,66-/m1/s1. The molecule has 17 nitrogen and oxygen atoms in total. The van der Waals surface area contributed by atoms with E-state index >= 15 is 0 Å². The molecular weight excluding hydrogens is 1170 g/mol. The van der Waals surface area contributed by atoms with Crippen molar-refractivity contribution in [2.75, 3.05) is 39.6 Å². The van der Waals surface area contributed by atoms with Gasteiger partial charge in [-0.3, -0.25) is 37.3 Å². The smallest absolute Gasteiger partial charge is 0.462 e. The van der Waals surface area contributed by atoms with Crippen molar-refractivity contribution in [2.24, 2.45) is 23.7 Å². The van der Waals surface area contributed by atoms with E-state index in [-0.39, 0.29) is 25.7 Å². The van der Waals surface area contributed by atoms with E-state index in [1.54, 1.807) is 0 Å². The zero-order valence-electron chi connectivity index (χ0n) is 58.1. The predicted octanol–water partition coefficient (Wildman–Crippen LogP) is 19.7. The van der Waals surface area contributed by atoms with Crippen LogP contribution >= 0.6 is 15.6 Å². The van der Waals surface area contributed by atoms with Crippen LogP contribution in [0.4, 0.5) is 0 Å². The molecule has 3 unspecified atom stereocenters. The third-order valence-corrected chi connectivity index (χ3v) is 18.0. The summed E-state index contributed by atoms with van der Waals surface area (Å²) in [5.41, 5.74) is 0. The lowest BCUT2D eigenvalue weighted by atomic mass is 10.0. The Labute approximate surface area is 543 Å². The fourth-order valence-electron chi connectivity index (χ4n) is 10.5. The van der Waals surface area contributed by atoms with Gasteiger partial charge < -0.3 is 33.8 Å². The van der Waals surface area contributed by atoms with Crippen molar-refractivity contribution >= 4 is 39.5 Å². The Morgan fingerprint density at radius 3 is 0.697 bits per heavy atom. The first-order valence-electron chi connectivity index (χ1n) is 36.2. The Morgan fingerprint density at radius 1 is 0.281 bits per heavy atom. The number of esters is 4. The van der Waals surface area contributed by atoms with E-state index in [0.29, 0.717) is 37.5 Å². The Balaban J connectivity index is 5.19. The molecule has 0 aliphatic rings. The molecule has 0 aliphatic heterocycles. The predicted molar refractivity (Wildman–Crippen MR) is 358 cm³/mol. The lowest BCUT2D eigenvalue weighted by Crippen LogP contribution is -2.30. The number of aliphatic hydroxyl groups is 1. The maximum atomic E-state index is 13.0. The molecule has 0 rings (SSSR count). The molecule has 0 fully saturated rings. The summed E-state index contributed by atoms with van der Waals surface area (Å²) in [4.78, 5) is 72.4. The highest BCUT2D eigenvalue weighted by molar-refractivity contribution is 7.47. The van der Waals surface area contributed by atoms with Crippen LogP contribution in [0.2, 0.25) is 0 Å². The summed E-state index contributed by atoms with van der Waals surface area (Å²) in [7, 11) is -9.90. The van der Waals surface area contributed by atoms with Gasteiger partial charge in [-0.05, 0) is 49.4 Å². The van der Waals surface area contributed by atoms with E-state index < -0.39 is 97.5 Å². The van der Waals surface area contributed by atoms with Gasteiger partial charge in [0.05, 0.1) is 26.4 Å². The Kier molecular flexibility index (Phi) is 58.5. The normalized spacial score (nSPS) is 14.3.